The largest absolute Gasteiger partial charge is 0.356 e. The zero-order valence-corrected chi connectivity index (χ0v) is 8.72. The molecule has 0 aromatic heterocycles. The number of hydrogen-bond donors (Lipinski definition) is 0. The summed E-state index contributed by atoms with van der Waals surface area (Å²) in [5.41, 5.74) is 1.26. The smallest absolute Gasteiger partial charge is 0.102 e. The van der Waals surface area contributed by atoms with Crippen molar-refractivity contribution in [3.63, 3.8) is 0 Å². The predicted octanol–water partition coefficient (Wildman–Crippen LogP) is 2.65. The van der Waals surface area contributed by atoms with Crippen molar-refractivity contribution < 1.29 is 0 Å². The predicted molar refractivity (Wildman–Crippen MR) is 59.9 cm³/mol. The number of para-hydroxylation sites is 1. The summed E-state index contributed by atoms with van der Waals surface area (Å²) >= 11 is 0. The van der Waals surface area contributed by atoms with Gasteiger partial charge in [0, 0.05) is 24.6 Å². The maximum absolute atomic E-state index is 2.31. The average molecular weight is 188 g/mol. The van der Waals surface area contributed by atoms with Crippen molar-refractivity contribution in [3.05, 3.63) is 42.7 Å². The molecule has 0 N–H and O–H groups in total. The van der Waals surface area contributed by atoms with E-state index >= 15 is 0 Å². The van der Waals surface area contributed by atoms with Crippen molar-refractivity contribution in [1.29, 1.82) is 0 Å². The van der Waals surface area contributed by atoms with Gasteiger partial charge in [-0.3, -0.25) is 0 Å². The van der Waals surface area contributed by atoms with Crippen LogP contribution in [0.4, 0.5) is 5.69 Å². The van der Waals surface area contributed by atoms with Crippen molar-refractivity contribution in [3.8, 4) is 0 Å². The molecule has 2 heteroatoms. The first-order valence-electron chi connectivity index (χ1n) is 5.10. The molecule has 0 amide bonds. The van der Waals surface area contributed by atoms with Gasteiger partial charge in [0.05, 0.1) is 0 Å². The summed E-state index contributed by atoms with van der Waals surface area (Å²) in [6.07, 6.45) is 4.73. The lowest BCUT2D eigenvalue weighted by Gasteiger charge is -2.28. The van der Waals surface area contributed by atoms with Gasteiger partial charge in [0.25, 0.3) is 0 Å². The van der Waals surface area contributed by atoms with Crippen LogP contribution in [0.5, 0.6) is 0 Å². The highest BCUT2D eigenvalue weighted by molar-refractivity contribution is 5.51. The number of nitrogens with zero attached hydrogens (tertiary/aromatic N) is 2. The molecule has 0 saturated carbocycles. The summed E-state index contributed by atoms with van der Waals surface area (Å²) in [5, 5.41) is 0. The minimum Gasteiger partial charge on any atom is -0.356 e. The molecule has 1 heterocycles. The Bertz CT molecular complexity index is 318. The van der Waals surface area contributed by atoms with Gasteiger partial charge in [-0.25, -0.2) is 0 Å². The summed E-state index contributed by atoms with van der Waals surface area (Å²) < 4.78 is 0. The number of rotatable bonds is 2. The Balaban J connectivity index is 2.19. The highest BCUT2D eigenvalue weighted by Gasteiger charge is 2.20. The van der Waals surface area contributed by atoms with Crippen molar-refractivity contribution in [2.45, 2.75) is 20.0 Å². The summed E-state index contributed by atoms with van der Waals surface area (Å²) in [5.74, 6) is 0. The Morgan fingerprint density at radius 2 is 1.86 bits per heavy atom. The van der Waals surface area contributed by atoms with Crippen LogP contribution in [0.15, 0.2) is 42.7 Å². The highest BCUT2D eigenvalue weighted by Crippen LogP contribution is 2.23. The fourth-order valence-corrected chi connectivity index (χ4v) is 1.84. The number of hydrogen-bond acceptors (Lipinski definition) is 2. The van der Waals surface area contributed by atoms with Crippen LogP contribution in [-0.2, 0) is 0 Å². The molecule has 0 spiro atoms. The molecule has 0 bridgehead atoms. The Hall–Kier alpha value is -1.44. The maximum atomic E-state index is 2.31. The molecule has 2 nitrogen and oxygen atoms in total. The van der Waals surface area contributed by atoms with E-state index in [9.17, 15) is 0 Å². The van der Waals surface area contributed by atoms with Crippen LogP contribution in [0, 0.1) is 0 Å². The van der Waals surface area contributed by atoms with Gasteiger partial charge in [-0.05, 0) is 26.0 Å². The lowest BCUT2D eigenvalue weighted by atomic mass is 10.3. The Morgan fingerprint density at radius 3 is 2.43 bits per heavy atom. The third-order valence-electron chi connectivity index (χ3n) is 2.72. The lowest BCUT2D eigenvalue weighted by molar-refractivity contribution is 0.335. The maximum Gasteiger partial charge on any atom is 0.102 e. The van der Waals surface area contributed by atoms with Gasteiger partial charge in [0.2, 0.25) is 0 Å². The van der Waals surface area contributed by atoms with Gasteiger partial charge in [-0.15, -0.1) is 0 Å². The van der Waals surface area contributed by atoms with E-state index in [-0.39, 0.29) is 0 Å². The molecule has 0 radical (unpaired) electrons. The normalized spacial score (nSPS) is 20.6. The lowest BCUT2D eigenvalue weighted by Crippen LogP contribution is -2.35. The van der Waals surface area contributed by atoms with E-state index in [4.69, 9.17) is 0 Å². The van der Waals surface area contributed by atoms with Crippen molar-refractivity contribution in [2.24, 2.45) is 0 Å². The Morgan fingerprint density at radius 1 is 1.14 bits per heavy atom. The van der Waals surface area contributed by atoms with Gasteiger partial charge in [0.15, 0.2) is 0 Å². The second-order valence-electron chi connectivity index (χ2n) is 3.50. The fraction of sp³-hybridized carbons (Fsp3) is 0.333. The zero-order valence-electron chi connectivity index (χ0n) is 8.72. The molecule has 0 aliphatic carbocycles. The molecule has 14 heavy (non-hydrogen) atoms. The van der Waals surface area contributed by atoms with Crippen LogP contribution in [-0.4, -0.2) is 17.6 Å². The van der Waals surface area contributed by atoms with Crippen LogP contribution >= 0.6 is 0 Å². The van der Waals surface area contributed by atoms with Gasteiger partial charge >= 0.3 is 0 Å². The zero-order chi connectivity index (χ0) is 9.97. The summed E-state index contributed by atoms with van der Waals surface area (Å²) in [6.45, 7) is 5.45. The molecule has 1 aliphatic rings. The summed E-state index contributed by atoms with van der Waals surface area (Å²) in [7, 11) is 0. The second-order valence-corrected chi connectivity index (χ2v) is 3.50. The third-order valence-corrected chi connectivity index (χ3v) is 2.72. The van der Waals surface area contributed by atoms with Crippen molar-refractivity contribution in [1.82, 2.24) is 4.90 Å². The monoisotopic (exact) mass is 188 g/mol. The van der Waals surface area contributed by atoms with Gasteiger partial charge in [-0.1, -0.05) is 18.2 Å². The van der Waals surface area contributed by atoms with Crippen molar-refractivity contribution >= 4 is 5.69 Å². The standard InChI is InChI=1S/C12H16N2/c1-3-13-9-10-14(11(13)2)12-7-5-4-6-8-12/h4-11H,3H2,1-2H3/t11-/m1/s1. The Kier molecular flexibility index (Phi) is 2.44. The van der Waals surface area contributed by atoms with E-state index in [0.29, 0.717) is 6.17 Å². The first-order chi connectivity index (χ1) is 6.83. The second kappa shape index (κ2) is 3.74. The number of anilines is 1. The molecule has 1 aliphatic heterocycles. The van der Waals surface area contributed by atoms with Gasteiger partial charge in [0.1, 0.15) is 6.17 Å². The first-order valence-corrected chi connectivity index (χ1v) is 5.10. The molecule has 0 fully saturated rings. The van der Waals surface area contributed by atoms with Crippen LogP contribution in [0.3, 0.4) is 0 Å². The van der Waals surface area contributed by atoms with E-state index in [1.807, 2.05) is 6.07 Å². The summed E-state index contributed by atoms with van der Waals surface area (Å²) in [6, 6.07) is 10.5. The van der Waals surface area contributed by atoms with E-state index in [2.05, 4.69) is 60.3 Å². The van der Waals surface area contributed by atoms with E-state index in [1.165, 1.54) is 5.69 Å². The summed E-state index contributed by atoms with van der Waals surface area (Å²) in [4.78, 5) is 4.59. The van der Waals surface area contributed by atoms with Crippen LogP contribution < -0.4 is 4.90 Å². The van der Waals surface area contributed by atoms with Gasteiger partial charge < -0.3 is 9.80 Å². The molecular weight excluding hydrogens is 172 g/mol. The fourth-order valence-electron chi connectivity index (χ4n) is 1.84. The molecule has 1 aromatic rings. The molecule has 0 unspecified atom stereocenters. The molecule has 1 atom stereocenters. The third kappa shape index (κ3) is 1.48. The van der Waals surface area contributed by atoms with E-state index in [0.717, 1.165) is 6.54 Å². The van der Waals surface area contributed by atoms with E-state index < -0.39 is 0 Å². The molecule has 1 aromatic carbocycles. The van der Waals surface area contributed by atoms with Crippen LogP contribution in [0.1, 0.15) is 13.8 Å². The molecule has 0 saturated heterocycles. The van der Waals surface area contributed by atoms with E-state index in [1.54, 1.807) is 0 Å². The highest BCUT2D eigenvalue weighted by atomic mass is 15.4. The van der Waals surface area contributed by atoms with Crippen molar-refractivity contribution in [2.75, 3.05) is 11.4 Å². The van der Waals surface area contributed by atoms with Crippen LogP contribution in [0.25, 0.3) is 0 Å². The Labute approximate surface area is 85.4 Å². The quantitative estimate of drug-likeness (QED) is 0.704. The minimum atomic E-state index is 0.433. The molecule has 74 valence electrons. The first kappa shape index (κ1) is 9.13. The SMILES string of the molecule is CCN1C=CN(c2ccccc2)[C@@H]1C. The molecular formula is C12H16N2. The van der Waals surface area contributed by atoms with Crippen LogP contribution in [0.2, 0.25) is 0 Å². The average Bonchev–Trinajstić information content (AvgIpc) is 2.61. The topological polar surface area (TPSA) is 6.48 Å². The molecule has 2 rings (SSSR count). The van der Waals surface area contributed by atoms with Gasteiger partial charge in [-0.2, -0.15) is 0 Å². The minimum absolute atomic E-state index is 0.433. The number of benzene rings is 1.